The van der Waals surface area contributed by atoms with E-state index in [4.69, 9.17) is 0 Å². The average molecular weight is 193 g/mol. The highest BCUT2D eigenvalue weighted by molar-refractivity contribution is 5.70. The second-order valence-electron chi connectivity index (χ2n) is 4.45. The van der Waals surface area contributed by atoms with Gasteiger partial charge in [0.1, 0.15) is 0 Å². The molecule has 0 bridgehead atoms. The first kappa shape index (κ1) is 11.5. The molecule has 0 radical (unpaired) electrons. The van der Waals surface area contributed by atoms with Gasteiger partial charge < -0.3 is 0 Å². The Kier molecular flexibility index (Phi) is 4.92. The molecule has 0 spiro atoms. The van der Waals surface area contributed by atoms with Crippen molar-refractivity contribution < 1.29 is 0 Å². The third-order valence-electron chi connectivity index (χ3n) is 3.44. The fourth-order valence-electron chi connectivity index (χ4n) is 2.55. The largest absolute Gasteiger partial charge is 0.289 e. The third kappa shape index (κ3) is 2.97. The maximum Gasteiger partial charge on any atom is 0.0553 e. The summed E-state index contributed by atoms with van der Waals surface area (Å²) in [5.74, 6) is 1.54. The predicted molar refractivity (Wildman–Crippen MR) is 63.9 cm³/mol. The van der Waals surface area contributed by atoms with Crippen LogP contribution < -0.4 is 0 Å². The highest BCUT2D eigenvalue weighted by atomic mass is 14.8. The molecular formula is C13H23N. The SMILES string of the molecule is C=CC=N[C@@H]1C(C)CCCC[C@@H]1CC. The topological polar surface area (TPSA) is 12.4 Å². The van der Waals surface area contributed by atoms with Crippen LogP contribution in [-0.2, 0) is 0 Å². The van der Waals surface area contributed by atoms with Gasteiger partial charge in [-0.2, -0.15) is 0 Å². The number of allylic oxidation sites excluding steroid dienone is 1. The smallest absolute Gasteiger partial charge is 0.0553 e. The maximum absolute atomic E-state index is 4.65. The van der Waals surface area contributed by atoms with Crippen LogP contribution in [-0.4, -0.2) is 12.3 Å². The zero-order valence-electron chi connectivity index (χ0n) is 9.58. The van der Waals surface area contributed by atoms with Crippen molar-refractivity contribution in [2.75, 3.05) is 0 Å². The van der Waals surface area contributed by atoms with Gasteiger partial charge in [0.25, 0.3) is 0 Å². The molecule has 0 aromatic rings. The second kappa shape index (κ2) is 6.00. The van der Waals surface area contributed by atoms with Crippen LogP contribution in [0, 0.1) is 11.8 Å². The van der Waals surface area contributed by atoms with Crippen molar-refractivity contribution in [3.63, 3.8) is 0 Å². The van der Waals surface area contributed by atoms with Gasteiger partial charge in [-0.25, -0.2) is 0 Å². The second-order valence-corrected chi connectivity index (χ2v) is 4.45. The molecule has 1 rings (SSSR count). The Balaban J connectivity index is 2.68. The number of hydrogen-bond acceptors (Lipinski definition) is 1. The zero-order chi connectivity index (χ0) is 10.4. The lowest BCUT2D eigenvalue weighted by Crippen LogP contribution is -2.23. The van der Waals surface area contributed by atoms with E-state index in [-0.39, 0.29) is 0 Å². The van der Waals surface area contributed by atoms with Crippen molar-refractivity contribution in [2.45, 2.75) is 52.0 Å². The number of hydrogen-bond donors (Lipinski definition) is 0. The summed E-state index contributed by atoms with van der Waals surface area (Å²) in [5.41, 5.74) is 0. The molecule has 1 fully saturated rings. The molecule has 1 unspecified atom stereocenters. The van der Waals surface area contributed by atoms with Crippen LogP contribution in [0.1, 0.15) is 46.0 Å². The van der Waals surface area contributed by atoms with Gasteiger partial charge in [-0.15, -0.1) is 0 Å². The molecule has 3 atom stereocenters. The van der Waals surface area contributed by atoms with E-state index in [1.54, 1.807) is 6.08 Å². The summed E-state index contributed by atoms with van der Waals surface area (Å²) < 4.78 is 0. The molecule has 0 N–H and O–H groups in total. The van der Waals surface area contributed by atoms with Crippen molar-refractivity contribution in [2.24, 2.45) is 16.8 Å². The normalized spacial score (nSPS) is 34.3. The van der Waals surface area contributed by atoms with E-state index in [0.717, 1.165) is 11.8 Å². The van der Waals surface area contributed by atoms with Gasteiger partial charge in [0.2, 0.25) is 0 Å². The number of rotatable bonds is 3. The van der Waals surface area contributed by atoms with Crippen LogP contribution in [0.4, 0.5) is 0 Å². The van der Waals surface area contributed by atoms with Gasteiger partial charge in [-0.3, -0.25) is 4.99 Å². The van der Waals surface area contributed by atoms with Crippen molar-refractivity contribution in [1.82, 2.24) is 0 Å². The molecule has 1 aliphatic rings. The summed E-state index contributed by atoms with van der Waals surface area (Å²) in [6.07, 6.45) is 10.4. The van der Waals surface area contributed by atoms with Crippen molar-refractivity contribution in [3.05, 3.63) is 12.7 Å². The summed E-state index contributed by atoms with van der Waals surface area (Å²) in [4.78, 5) is 4.65. The van der Waals surface area contributed by atoms with E-state index >= 15 is 0 Å². The van der Waals surface area contributed by atoms with Gasteiger partial charge >= 0.3 is 0 Å². The fourth-order valence-corrected chi connectivity index (χ4v) is 2.55. The van der Waals surface area contributed by atoms with Crippen LogP contribution in [0.3, 0.4) is 0 Å². The molecule has 14 heavy (non-hydrogen) atoms. The van der Waals surface area contributed by atoms with Crippen molar-refractivity contribution in [1.29, 1.82) is 0 Å². The lowest BCUT2D eigenvalue weighted by molar-refractivity contribution is 0.324. The molecule has 1 saturated carbocycles. The first-order valence-electron chi connectivity index (χ1n) is 5.93. The zero-order valence-corrected chi connectivity index (χ0v) is 9.58. The van der Waals surface area contributed by atoms with E-state index in [9.17, 15) is 0 Å². The van der Waals surface area contributed by atoms with Crippen molar-refractivity contribution >= 4 is 6.21 Å². The molecule has 0 amide bonds. The van der Waals surface area contributed by atoms with Gasteiger partial charge in [0.05, 0.1) is 6.04 Å². The summed E-state index contributed by atoms with van der Waals surface area (Å²) in [7, 11) is 0. The summed E-state index contributed by atoms with van der Waals surface area (Å²) in [5, 5.41) is 0. The van der Waals surface area contributed by atoms with Crippen LogP contribution >= 0.6 is 0 Å². The third-order valence-corrected chi connectivity index (χ3v) is 3.44. The van der Waals surface area contributed by atoms with Crippen LogP contribution in [0.5, 0.6) is 0 Å². The molecule has 80 valence electrons. The van der Waals surface area contributed by atoms with E-state index in [0.29, 0.717) is 6.04 Å². The first-order chi connectivity index (χ1) is 6.79. The van der Waals surface area contributed by atoms with E-state index in [1.807, 2.05) is 6.21 Å². The molecule has 0 saturated heterocycles. The van der Waals surface area contributed by atoms with Gasteiger partial charge in [0, 0.05) is 6.21 Å². The van der Waals surface area contributed by atoms with Crippen molar-refractivity contribution in [3.8, 4) is 0 Å². The molecule has 1 nitrogen and oxygen atoms in total. The monoisotopic (exact) mass is 193 g/mol. The minimum Gasteiger partial charge on any atom is -0.289 e. The fraction of sp³-hybridized carbons (Fsp3) is 0.769. The number of nitrogens with zero attached hydrogens (tertiary/aromatic N) is 1. The van der Waals surface area contributed by atoms with E-state index in [2.05, 4.69) is 25.4 Å². The minimum absolute atomic E-state index is 0.542. The molecule has 1 heteroatoms. The summed E-state index contributed by atoms with van der Waals surface area (Å²) >= 11 is 0. The Morgan fingerprint density at radius 1 is 1.36 bits per heavy atom. The van der Waals surface area contributed by atoms with Crippen LogP contribution in [0.15, 0.2) is 17.6 Å². The van der Waals surface area contributed by atoms with Crippen LogP contribution in [0.25, 0.3) is 0 Å². The quantitative estimate of drug-likeness (QED) is 0.477. The highest BCUT2D eigenvalue weighted by Crippen LogP contribution is 2.31. The maximum atomic E-state index is 4.65. The molecule has 0 heterocycles. The van der Waals surface area contributed by atoms with Gasteiger partial charge in [-0.05, 0) is 24.7 Å². The summed E-state index contributed by atoms with van der Waals surface area (Å²) in [6, 6.07) is 0.542. The highest BCUT2D eigenvalue weighted by Gasteiger charge is 2.26. The lowest BCUT2D eigenvalue weighted by atomic mass is 9.87. The molecule has 1 aliphatic carbocycles. The Morgan fingerprint density at radius 2 is 2.07 bits per heavy atom. The average Bonchev–Trinajstić information content (AvgIpc) is 2.37. The molecular weight excluding hydrogens is 170 g/mol. The van der Waals surface area contributed by atoms with Gasteiger partial charge in [-0.1, -0.05) is 45.8 Å². The first-order valence-corrected chi connectivity index (χ1v) is 5.93. The molecule has 0 aromatic carbocycles. The standard InChI is InChI=1S/C13H23N/c1-4-10-14-13-11(3)8-6-7-9-12(13)5-2/h4,10-13H,1,5-9H2,2-3H3/t11?,12-,13+/m0/s1. The number of aliphatic imine (C=N–C) groups is 1. The Hall–Kier alpha value is -0.590. The predicted octanol–water partition coefficient (Wildman–Crippen LogP) is 3.85. The Labute approximate surface area is 88.3 Å². The summed E-state index contributed by atoms with van der Waals surface area (Å²) in [6.45, 7) is 8.33. The molecule has 0 aromatic heterocycles. The van der Waals surface area contributed by atoms with Crippen LogP contribution in [0.2, 0.25) is 0 Å². The Bertz CT molecular complexity index is 195. The van der Waals surface area contributed by atoms with E-state index < -0.39 is 0 Å². The minimum atomic E-state index is 0.542. The Morgan fingerprint density at radius 3 is 2.71 bits per heavy atom. The van der Waals surface area contributed by atoms with E-state index in [1.165, 1.54) is 32.1 Å². The molecule has 0 aliphatic heterocycles. The lowest BCUT2D eigenvalue weighted by Gasteiger charge is -2.24. The van der Waals surface area contributed by atoms with Gasteiger partial charge in [0.15, 0.2) is 0 Å².